The van der Waals surface area contributed by atoms with Crippen molar-refractivity contribution in [2.24, 2.45) is 5.41 Å². The first kappa shape index (κ1) is 12.4. The first-order chi connectivity index (χ1) is 7.92. The number of benzene rings is 1. The van der Waals surface area contributed by atoms with Crippen LogP contribution >= 0.6 is 15.9 Å². The normalized spacial score (nSPS) is 16.5. The van der Waals surface area contributed by atoms with Gasteiger partial charge in [0.1, 0.15) is 0 Å². The van der Waals surface area contributed by atoms with Gasteiger partial charge in [-0.05, 0) is 47.0 Å². The summed E-state index contributed by atoms with van der Waals surface area (Å²) in [6.45, 7) is 2.01. The van der Waals surface area contributed by atoms with E-state index in [1.165, 1.54) is 0 Å². The van der Waals surface area contributed by atoms with Crippen molar-refractivity contribution < 1.29 is 4.79 Å². The molecule has 0 heterocycles. The van der Waals surface area contributed by atoms with Gasteiger partial charge in [0.25, 0.3) is 0 Å². The number of carbonyl (C=O) groups excluding carboxylic acids is 1. The molecule has 1 aromatic rings. The number of nitrogens with zero attached hydrogens (tertiary/aromatic N) is 1. The minimum absolute atomic E-state index is 0.127. The van der Waals surface area contributed by atoms with E-state index in [4.69, 9.17) is 0 Å². The quantitative estimate of drug-likeness (QED) is 0.929. The highest BCUT2D eigenvalue weighted by molar-refractivity contribution is 9.10. The van der Waals surface area contributed by atoms with Crippen LogP contribution in [0.1, 0.15) is 19.8 Å². The third kappa shape index (κ3) is 2.63. The zero-order chi connectivity index (χ0) is 12.6. The lowest BCUT2D eigenvalue weighted by atomic mass is 10.1. The SMILES string of the molecule is CN(C)c1ccc(NC(=O)C2(C)CC2)cc1Br. The molecule has 0 bridgehead atoms. The molecule has 1 aliphatic rings. The number of halogens is 1. The van der Waals surface area contributed by atoms with Crippen molar-refractivity contribution in [1.29, 1.82) is 0 Å². The van der Waals surface area contributed by atoms with Crippen molar-refractivity contribution >= 4 is 33.2 Å². The number of hydrogen-bond donors (Lipinski definition) is 1. The third-order valence-corrected chi connectivity index (χ3v) is 3.87. The van der Waals surface area contributed by atoms with Crippen molar-refractivity contribution in [3.8, 4) is 0 Å². The fourth-order valence-corrected chi connectivity index (χ4v) is 2.38. The van der Waals surface area contributed by atoms with Crippen LogP contribution in [0.15, 0.2) is 22.7 Å². The molecule has 0 aliphatic heterocycles. The van der Waals surface area contributed by atoms with Crippen LogP contribution in [-0.4, -0.2) is 20.0 Å². The summed E-state index contributed by atoms with van der Waals surface area (Å²) in [6, 6.07) is 5.87. The second kappa shape index (κ2) is 4.33. The molecule has 0 atom stereocenters. The van der Waals surface area contributed by atoms with Crippen LogP contribution in [0.2, 0.25) is 0 Å². The van der Waals surface area contributed by atoms with Crippen LogP contribution in [0.25, 0.3) is 0 Å². The number of hydrogen-bond acceptors (Lipinski definition) is 2. The summed E-state index contributed by atoms with van der Waals surface area (Å²) in [5.74, 6) is 0.127. The molecular formula is C13H17BrN2O. The predicted octanol–water partition coefficient (Wildman–Crippen LogP) is 3.25. The summed E-state index contributed by atoms with van der Waals surface area (Å²) in [6.07, 6.45) is 1.99. The van der Waals surface area contributed by atoms with Gasteiger partial charge in [0.05, 0.1) is 5.69 Å². The molecule has 1 aliphatic carbocycles. The summed E-state index contributed by atoms with van der Waals surface area (Å²) in [5.41, 5.74) is 1.81. The van der Waals surface area contributed by atoms with Gasteiger partial charge in [0.2, 0.25) is 5.91 Å². The Morgan fingerprint density at radius 2 is 2.06 bits per heavy atom. The van der Waals surface area contributed by atoms with Crippen molar-refractivity contribution in [1.82, 2.24) is 0 Å². The van der Waals surface area contributed by atoms with Crippen LogP contribution in [0.3, 0.4) is 0 Å². The summed E-state index contributed by atoms with van der Waals surface area (Å²) in [4.78, 5) is 13.9. The van der Waals surface area contributed by atoms with Gasteiger partial charge in [-0.25, -0.2) is 0 Å². The topological polar surface area (TPSA) is 32.3 Å². The van der Waals surface area contributed by atoms with E-state index in [1.807, 2.05) is 44.1 Å². The first-order valence-electron chi connectivity index (χ1n) is 5.71. The highest BCUT2D eigenvalue weighted by Crippen LogP contribution is 2.45. The maximum absolute atomic E-state index is 11.9. The second-order valence-electron chi connectivity index (χ2n) is 5.08. The predicted molar refractivity (Wildman–Crippen MR) is 74.4 cm³/mol. The summed E-state index contributed by atoms with van der Waals surface area (Å²) >= 11 is 3.51. The monoisotopic (exact) mass is 296 g/mol. The molecule has 1 amide bonds. The Hall–Kier alpha value is -1.03. The molecule has 0 radical (unpaired) electrons. The molecule has 0 spiro atoms. The Labute approximate surface area is 110 Å². The van der Waals surface area contributed by atoms with Gasteiger partial charge in [-0.3, -0.25) is 4.79 Å². The first-order valence-corrected chi connectivity index (χ1v) is 6.50. The minimum Gasteiger partial charge on any atom is -0.377 e. The van der Waals surface area contributed by atoms with Crippen LogP contribution in [-0.2, 0) is 4.79 Å². The largest absolute Gasteiger partial charge is 0.377 e. The molecule has 2 rings (SSSR count). The molecule has 1 fully saturated rings. The van der Waals surface area contributed by atoms with E-state index >= 15 is 0 Å². The lowest BCUT2D eigenvalue weighted by Crippen LogP contribution is -2.21. The van der Waals surface area contributed by atoms with E-state index < -0.39 is 0 Å². The highest BCUT2D eigenvalue weighted by atomic mass is 79.9. The molecule has 1 aromatic carbocycles. The van der Waals surface area contributed by atoms with Gasteiger partial charge < -0.3 is 10.2 Å². The lowest BCUT2D eigenvalue weighted by Gasteiger charge is -2.16. The van der Waals surface area contributed by atoms with Gasteiger partial charge in [-0.2, -0.15) is 0 Å². The van der Waals surface area contributed by atoms with Crippen molar-refractivity contribution in [3.05, 3.63) is 22.7 Å². The Morgan fingerprint density at radius 3 is 2.53 bits per heavy atom. The number of anilines is 2. The van der Waals surface area contributed by atoms with E-state index in [9.17, 15) is 4.79 Å². The van der Waals surface area contributed by atoms with Gasteiger partial charge in [0.15, 0.2) is 0 Å². The summed E-state index contributed by atoms with van der Waals surface area (Å²) in [5, 5.41) is 2.96. The Bertz CT molecular complexity index is 453. The zero-order valence-corrected chi connectivity index (χ0v) is 12.0. The molecule has 17 heavy (non-hydrogen) atoms. The summed E-state index contributed by atoms with van der Waals surface area (Å²) < 4.78 is 0.987. The van der Waals surface area contributed by atoms with Gasteiger partial charge in [-0.15, -0.1) is 0 Å². The van der Waals surface area contributed by atoms with Crippen LogP contribution in [0.4, 0.5) is 11.4 Å². The number of rotatable bonds is 3. The molecule has 0 saturated heterocycles. The molecule has 4 heteroatoms. The molecule has 0 unspecified atom stereocenters. The van der Waals surface area contributed by atoms with Crippen molar-refractivity contribution in [2.75, 3.05) is 24.3 Å². The van der Waals surface area contributed by atoms with E-state index in [-0.39, 0.29) is 11.3 Å². The molecular weight excluding hydrogens is 280 g/mol. The Morgan fingerprint density at radius 1 is 1.41 bits per heavy atom. The maximum Gasteiger partial charge on any atom is 0.230 e. The van der Waals surface area contributed by atoms with E-state index in [0.29, 0.717) is 0 Å². The van der Waals surface area contributed by atoms with E-state index in [1.54, 1.807) is 0 Å². The number of amides is 1. The van der Waals surface area contributed by atoms with Gasteiger partial charge >= 0.3 is 0 Å². The second-order valence-corrected chi connectivity index (χ2v) is 5.93. The van der Waals surface area contributed by atoms with Crippen LogP contribution < -0.4 is 10.2 Å². The zero-order valence-electron chi connectivity index (χ0n) is 10.4. The standard InChI is InChI=1S/C13H17BrN2O/c1-13(6-7-13)12(17)15-9-4-5-11(16(2)3)10(14)8-9/h4-5,8H,6-7H2,1-3H3,(H,15,17). The van der Waals surface area contributed by atoms with Crippen molar-refractivity contribution in [3.63, 3.8) is 0 Å². The summed E-state index contributed by atoms with van der Waals surface area (Å²) in [7, 11) is 3.98. The minimum atomic E-state index is -0.132. The van der Waals surface area contributed by atoms with Crippen LogP contribution in [0.5, 0.6) is 0 Å². The Balaban J connectivity index is 2.12. The Kier molecular flexibility index (Phi) is 3.17. The highest BCUT2D eigenvalue weighted by Gasteiger charge is 2.44. The molecule has 92 valence electrons. The average Bonchev–Trinajstić information content (AvgIpc) is 2.97. The molecule has 1 N–H and O–H groups in total. The lowest BCUT2D eigenvalue weighted by molar-refractivity contribution is -0.120. The fourth-order valence-electron chi connectivity index (χ4n) is 1.64. The molecule has 3 nitrogen and oxygen atoms in total. The van der Waals surface area contributed by atoms with Crippen molar-refractivity contribution in [2.45, 2.75) is 19.8 Å². The van der Waals surface area contributed by atoms with Gasteiger partial charge in [0, 0.05) is 29.7 Å². The number of carbonyl (C=O) groups is 1. The smallest absolute Gasteiger partial charge is 0.230 e. The van der Waals surface area contributed by atoms with E-state index in [2.05, 4.69) is 21.2 Å². The maximum atomic E-state index is 11.9. The molecule has 0 aromatic heterocycles. The number of nitrogens with one attached hydrogen (secondary N) is 1. The van der Waals surface area contributed by atoms with Crippen LogP contribution in [0, 0.1) is 5.41 Å². The van der Waals surface area contributed by atoms with Gasteiger partial charge in [-0.1, -0.05) is 6.92 Å². The molecule has 1 saturated carbocycles. The fraction of sp³-hybridized carbons (Fsp3) is 0.462. The van der Waals surface area contributed by atoms with E-state index in [0.717, 1.165) is 28.7 Å². The average molecular weight is 297 g/mol. The third-order valence-electron chi connectivity index (χ3n) is 3.24.